The van der Waals surface area contributed by atoms with Crippen molar-refractivity contribution in [1.82, 2.24) is 0 Å². The third-order valence-electron chi connectivity index (χ3n) is 4.23. The second-order valence-electron chi connectivity index (χ2n) is 7.30. The number of halogens is 1. The lowest BCUT2D eigenvalue weighted by Gasteiger charge is -2.26. The van der Waals surface area contributed by atoms with Crippen molar-refractivity contribution in [3.8, 4) is 0 Å². The lowest BCUT2D eigenvalue weighted by atomic mass is 9.84. The number of hydrogen-bond acceptors (Lipinski definition) is 1. The van der Waals surface area contributed by atoms with Crippen LogP contribution in [0, 0.1) is 5.41 Å². The molecule has 0 aliphatic rings. The first-order chi connectivity index (χ1) is 8.98. The van der Waals surface area contributed by atoms with Gasteiger partial charge < -0.3 is 5.73 Å². The topological polar surface area (TPSA) is 26.0 Å². The minimum absolute atomic E-state index is 0. The molecular formula is C18H40BrN. The summed E-state index contributed by atoms with van der Waals surface area (Å²) >= 11 is 0. The van der Waals surface area contributed by atoms with Crippen LogP contribution in [0.15, 0.2) is 0 Å². The minimum Gasteiger partial charge on any atom is -0.327 e. The molecule has 1 nitrogen and oxygen atoms in total. The second kappa shape index (κ2) is 14.4. The molecule has 0 bridgehead atoms. The summed E-state index contributed by atoms with van der Waals surface area (Å²) < 4.78 is 0. The molecule has 0 radical (unpaired) electrons. The van der Waals surface area contributed by atoms with Gasteiger partial charge in [0, 0.05) is 6.04 Å². The molecule has 0 rings (SSSR count). The van der Waals surface area contributed by atoms with Crippen LogP contribution in [0.1, 0.15) is 105 Å². The zero-order valence-electron chi connectivity index (χ0n) is 14.5. The van der Waals surface area contributed by atoms with Gasteiger partial charge in [-0.1, -0.05) is 98.3 Å². The maximum absolute atomic E-state index is 6.17. The zero-order chi connectivity index (χ0) is 14.6. The first-order valence-electron chi connectivity index (χ1n) is 8.74. The highest BCUT2D eigenvalue weighted by Crippen LogP contribution is 2.22. The van der Waals surface area contributed by atoms with Crippen LogP contribution in [0.3, 0.4) is 0 Å². The number of unbranched alkanes of at least 4 members (excludes halogenated alkanes) is 10. The van der Waals surface area contributed by atoms with Gasteiger partial charge in [-0.2, -0.15) is 0 Å². The van der Waals surface area contributed by atoms with Crippen molar-refractivity contribution in [2.24, 2.45) is 11.1 Å². The Labute approximate surface area is 139 Å². The molecule has 0 aromatic carbocycles. The fourth-order valence-corrected chi connectivity index (χ4v) is 2.46. The molecule has 124 valence electrons. The first kappa shape index (κ1) is 22.7. The number of rotatable bonds is 12. The smallest absolute Gasteiger partial charge is 0.00876 e. The molecular weight excluding hydrogens is 310 g/mol. The summed E-state index contributed by atoms with van der Waals surface area (Å²) in [5, 5.41) is 0. The monoisotopic (exact) mass is 349 g/mol. The summed E-state index contributed by atoms with van der Waals surface area (Å²) in [5.41, 5.74) is 6.45. The molecule has 0 aliphatic carbocycles. The van der Waals surface area contributed by atoms with Gasteiger partial charge in [0.1, 0.15) is 0 Å². The lowest BCUT2D eigenvalue weighted by molar-refractivity contribution is 0.298. The van der Waals surface area contributed by atoms with Crippen LogP contribution >= 0.6 is 17.0 Å². The Bertz CT molecular complexity index is 186. The summed E-state index contributed by atoms with van der Waals surface area (Å²) in [4.78, 5) is 0. The summed E-state index contributed by atoms with van der Waals surface area (Å²) in [6.45, 7) is 9.02. The van der Waals surface area contributed by atoms with E-state index >= 15 is 0 Å². The van der Waals surface area contributed by atoms with Gasteiger partial charge >= 0.3 is 0 Å². The molecule has 0 heterocycles. The summed E-state index contributed by atoms with van der Waals surface area (Å²) in [7, 11) is 0. The van der Waals surface area contributed by atoms with E-state index < -0.39 is 0 Å². The van der Waals surface area contributed by atoms with Gasteiger partial charge in [0.15, 0.2) is 0 Å². The Kier molecular flexibility index (Phi) is 16.3. The molecule has 0 aliphatic heterocycles. The molecule has 0 aromatic heterocycles. The van der Waals surface area contributed by atoms with Crippen LogP contribution in [0.5, 0.6) is 0 Å². The third-order valence-corrected chi connectivity index (χ3v) is 4.23. The van der Waals surface area contributed by atoms with E-state index in [2.05, 4.69) is 27.7 Å². The van der Waals surface area contributed by atoms with E-state index in [1.165, 1.54) is 77.0 Å². The van der Waals surface area contributed by atoms with E-state index in [-0.39, 0.29) is 22.4 Å². The van der Waals surface area contributed by atoms with Crippen LogP contribution in [0.2, 0.25) is 0 Å². The van der Waals surface area contributed by atoms with Crippen LogP contribution in [-0.2, 0) is 0 Å². The van der Waals surface area contributed by atoms with Crippen molar-refractivity contribution in [1.29, 1.82) is 0 Å². The maximum Gasteiger partial charge on any atom is 0.00876 e. The molecule has 0 fully saturated rings. The van der Waals surface area contributed by atoms with E-state index in [4.69, 9.17) is 5.73 Å². The highest BCUT2D eigenvalue weighted by Gasteiger charge is 2.19. The van der Waals surface area contributed by atoms with Crippen LogP contribution < -0.4 is 5.73 Å². The van der Waals surface area contributed by atoms with E-state index in [0.29, 0.717) is 6.04 Å². The molecule has 0 spiro atoms. The van der Waals surface area contributed by atoms with E-state index in [9.17, 15) is 0 Å². The van der Waals surface area contributed by atoms with Gasteiger partial charge in [-0.15, -0.1) is 17.0 Å². The highest BCUT2D eigenvalue weighted by atomic mass is 79.9. The molecule has 0 amide bonds. The second-order valence-corrected chi connectivity index (χ2v) is 7.30. The van der Waals surface area contributed by atoms with Gasteiger partial charge in [-0.05, 0) is 11.8 Å². The fourth-order valence-electron chi connectivity index (χ4n) is 2.46. The van der Waals surface area contributed by atoms with Crippen molar-refractivity contribution in [3.63, 3.8) is 0 Å². The molecule has 2 heteroatoms. The van der Waals surface area contributed by atoms with Gasteiger partial charge in [-0.25, -0.2) is 0 Å². The Hall–Kier alpha value is 0.440. The van der Waals surface area contributed by atoms with Crippen molar-refractivity contribution in [3.05, 3.63) is 0 Å². The molecule has 1 unspecified atom stereocenters. The largest absolute Gasteiger partial charge is 0.327 e. The van der Waals surface area contributed by atoms with Crippen LogP contribution in [0.4, 0.5) is 0 Å². The standard InChI is InChI=1S/C18H39N.BrH/c1-5-6-7-8-9-10-11-12-13-14-15-16-17(19)18(2,3)4;/h17H,5-16,19H2,1-4H3;1H. The van der Waals surface area contributed by atoms with Gasteiger partial charge in [0.2, 0.25) is 0 Å². The molecule has 0 saturated heterocycles. The SMILES string of the molecule is Br.CCCCCCCCCCCCCC(N)C(C)(C)C. The highest BCUT2D eigenvalue weighted by molar-refractivity contribution is 8.93. The Morgan fingerprint density at radius 3 is 1.40 bits per heavy atom. The van der Waals surface area contributed by atoms with Crippen molar-refractivity contribution in [2.75, 3.05) is 0 Å². The minimum atomic E-state index is 0. The van der Waals surface area contributed by atoms with E-state index in [0.717, 1.165) is 0 Å². The molecule has 20 heavy (non-hydrogen) atoms. The molecule has 1 atom stereocenters. The summed E-state index contributed by atoms with van der Waals surface area (Å²) in [6.07, 6.45) is 16.7. The summed E-state index contributed by atoms with van der Waals surface area (Å²) in [6, 6.07) is 0.367. The van der Waals surface area contributed by atoms with Crippen LogP contribution in [-0.4, -0.2) is 6.04 Å². The Morgan fingerprint density at radius 1 is 0.700 bits per heavy atom. The van der Waals surface area contributed by atoms with Crippen molar-refractivity contribution >= 4 is 17.0 Å². The average molecular weight is 350 g/mol. The zero-order valence-corrected chi connectivity index (χ0v) is 16.3. The van der Waals surface area contributed by atoms with E-state index in [1.54, 1.807) is 0 Å². The van der Waals surface area contributed by atoms with Crippen molar-refractivity contribution in [2.45, 2.75) is 111 Å². The van der Waals surface area contributed by atoms with Crippen LogP contribution in [0.25, 0.3) is 0 Å². The molecule has 0 saturated carbocycles. The first-order valence-corrected chi connectivity index (χ1v) is 8.74. The third kappa shape index (κ3) is 14.8. The Morgan fingerprint density at radius 2 is 1.05 bits per heavy atom. The maximum atomic E-state index is 6.17. The van der Waals surface area contributed by atoms with Gasteiger partial charge in [0.25, 0.3) is 0 Å². The predicted molar refractivity (Wildman–Crippen MR) is 98.8 cm³/mol. The predicted octanol–water partition coefficient (Wildman–Crippen LogP) is 6.64. The van der Waals surface area contributed by atoms with Gasteiger partial charge in [0.05, 0.1) is 0 Å². The molecule has 0 aromatic rings. The van der Waals surface area contributed by atoms with Crippen molar-refractivity contribution < 1.29 is 0 Å². The van der Waals surface area contributed by atoms with Gasteiger partial charge in [-0.3, -0.25) is 0 Å². The fraction of sp³-hybridized carbons (Fsp3) is 1.00. The Balaban J connectivity index is 0. The molecule has 2 N–H and O–H groups in total. The quantitative estimate of drug-likeness (QED) is 0.392. The number of hydrogen-bond donors (Lipinski definition) is 1. The number of nitrogens with two attached hydrogens (primary N) is 1. The van der Waals surface area contributed by atoms with E-state index in [1.807, 2.05) is 0 Å². The summed E-state index contributed by atoms with van der Waals surface area (Å²) in [5.74, 6) is 0. The average Bonchev–Trinajstić information content (AvgIpc) is 2.34. The normalized spacial score (nSPS) is 13.1. The lowest BCUT2D eigenvalue weighted by Crippen LogP contribution is -2.34.